The molecule has 0 aliphatic heterocycles. The molecule has 0 radical (unpaired) electrons. The average molecular weight is 358 g/mol. The fourth-order valence-electron chi connectivity index (χ4n) is 2.54. The molecule has 1 N–H and O–H groups in total. The number of rotatable bonds is 5. The van der Waals surface area contributed by atoms with Crippen molar-refractivity contribution in [3.8, 4) is 0 Å². The van der Waals surface area contributed by atoms with Crippen LogP contribution in [0.1, 0.15) is 11.4 Å². The molecule has 0 spiro atoms. The van der Waals surface area contributed by atoms with Crippen LogP contribution in [0.25, 0.3) is 17.1 Å². The van der Waals surface area contributed by atoms with Crippen LogP contribution in [0.15, 0.2) is 48.5 Å². The molecule has 6 heteroatoms. The molecular weight excluding hydrogens is 341 g/mol. The molecular formula is C19H17ClFN3O. The van der Waals surface area contributed by atoms with E-state index < -0.39 is 0 Å². The number of aryl methyl sites for hydroxylation is 1. The van der Waals surface area contributed by atoms with Gasteiger partial charge in [0, 0.05) is 31.1 Å². The van der Waals surface area contributed by atoms with Crippen LogP contribution in [0.3, 0.4) is 0 Å². The van der Waals surface area contributed by atoms with E-state index in [9.17, 15) is 9.18 Å². The van der Waals surface area contributed by atoms with E-state index in [1.54, 1.807) is 24.3 Å². The summed E-state index contributed by atoms with van der Waals surface area (Å²) in [6, 6.07) is 11.7. The minimum Gasteiger partial charge on any atom is -0.352 e. The number of aromatic nitrogens is 2. The monoisotopic (exact) mass is 357 g/mol. The van der Waals surface area contributed by atoms with Gasteiger partial charge in [0.25, 0.3) is 0 Å². The lowest BCUT2D eigenvalue weighted by molar-refractivity contribution is -0.116. The number of nitrogens with zero attached hydrogens (tertiary/aromatic N) is 2. The Morgan fingerprint density at radius 3 is 2.80 bits per heavy atom. The lowest BCUT2D eigenvalue weighted by atomic mass is 10.2. The van der Waals surface area contributed by atoms with E-state index >= 15 is 0 Å². The molecule has 0 saturated carbocycles. The molecule has 3 rings (SSSR count). The van der Waals surface area contributed by atoms with Crippen molar-refractivity contribution in [2.24, 2.45) is 7.05 Å². The lowest BCUT2D eigenvalue weighted by Crippen LogP contribution is -2.24. The summed E-state index contributed by atoms with van der Waals surface area (Å²) in [5.41, 5.74) is 2.38. The van der Waals surface area contributed by atoms with Gasteiger partial charge in [-0.15, -0.1) is 0 Å². The summed E-state index contributed by atoms with van der Waals surface area (Å²) >= 11 is 5.82. The smallest absolute Gasteiger partial charge is 0.244 e. The number of amides is 1. The number of carbonyl (C=O) groups is 1. The number of hydrogen-bond acceptors (Lipinski definition) is 2. The van der Waals surface area contributed by atoms with Crippen LogP contribution in [0.5, 0.6) is 0 Å². The molecule has 3 aromatic rings. The summed E-state index contributed by atoms with van der Waals surface area (Å²) in [5, 5.41) is 3.47. The van der Waals surface area contributed by atoms with Gasteiger partial charge in [-0.1, -0.05) is 23.7 Å². The van der Waals surface area contributed by atoms with Crippen LogP contribution in [-0.2, 0) is 18.3 Å². The van der Waals surface area contributed by atoms with Crippen LogP contribution in [-0.4, -0.2) is 22.0 Å². The zero-order valence-corrected chi connectivity index (χ0v) is 14.4. The van der Waals surface area contributed by atoms with Gasteiger partial charge >= 0.3 is 0 Å². The minimum absolute atomic E-state index is 0.181. The molecule has 1 amide bonds. The molecule has 4 nitrogen and oxygen atoms in total. The molecule has 128 valence electrons. The van der Waals surface area contributed by atoms with Crippen molar-refractivity contribution in [2.75, 3.05) is 6.54 Å². The van der Waals surface area contributed by atoms with Gasteiger partial charge in [-0.05, 0) is 42.0 Å². The molecule has 1 heterocycles. The zero-order chi connectivity index (χ0) is 17.8. The third-order valence-corrected chi connectivity index (χ3v) is 4.13. The second-order valence-electron chi connectivity index (χ2n) is 5.65. The van der Waals surface area contributed by atoms with Gasteiger partial charge in [0.1, 0.15) is 11.6 Å². The minimum atomic E-state index is -0.289. The van der Waals surface area contributed by atoms with Crippen LogP contribution in [0, 0.1) is 5.82 Å². The highest BCUT2D eigenvalue weighted by molar-refractivity contribution is 6.30. The summed E-state index contributed by atoms with van der Waals surface area (Å²) in [6.45, 7) is 0.448. The van der Waals surface area contributed by atoms with Crippen molar-refractivity contribution in [3.05, 3.63) is 70.8 Å². The van der Waals surface area contributed by atoms with E-state index in [2.05, 4.69) is 10.3 Å². The molecule has 0 aliphatic carbocycles. The molecule has 0 bridgehead atoms. The number of hydrogen-bond donors (Lipinski definition) is 1. The summed E-state index contributed by atoms with van der Waals surface area (Å²) < 4.78 is 15.2. The highest BCUT2D eigenvalue weighted by Crippen LogP contribution is 2.16. The summed E-state index contributed by atoms with van der Waals surface area (Å²) in [7, 11) is 1.84. The highest BCUT2D eigenvalue weighted by atomic mass is 35.5. The van der Waals surface area contributed by atoms with Crippen molar-refractivity contribution in [1.29, 1.82) is 0 Å². The van der Waals surface area contributed by atoms with E-state index in [0.717, 1.165) is 22.4 Å². The first-order chi connectivity index (χ1) is 12.0. The van der Waals surface area contributed by atoms with Gasteiger partial charge in [0.05, 0.1) is 11.0 Å². The van der Waals surface area contributed by atoms with Gasteiger partial charge in [-0.2, -0.15) is 0 Å². The topological polar surface area (TPSA) is 46.9 Å². The van der Waals surface area contributed by atoms with Crippen molar-refractivity contribution in [2.45, 2.75) is 6.42 Å². The van der Waals surface area contributed by atoms with Gasteiger partial charge in [0.15, 0.2) is 0 Å². The van der Waals surface area contributed by atoms with Gasteiger partial charge in [-0.3, -0.25) is 4.79 Å². The first-order valence-electron chi connectivity index (χ1n) is 7.85. The first kappa shape index (κ1) is 17.2. The Morgan fingerprint density at radius 1 is 1.28 bits per heavy atom. The van der Waals surface area contributed by atoms with Crippen molar-refractivity contribution >= 4 is 34.6 Å². The van der Waals surface area contributed by atoms with Gasteiger partial charge in [-0.25, -0.2) is 9.37 Å². The standard InChI is InChI=1S/C19H17ClFN3O/c1-24-17-12-15(21)7-8-16(17)23-18(24)10-11-22-19(25)9-4-13-2-5-14(20)6-3-13/h2-9,12H,10-11H2,1H3,(H,22,25). The Hall–Kier alpha value is -2.66. The molecule has 0 atom stereocenters. The van der Waals surface area contributed by atoms with Crippen molar-refractivity contribution < 1.29 is 9.18 Å². The maximum atomic E-state index is 13.3. The molecule has 1 aromatic heterocycles. The largest absolute Gasteiger partial charge is 0.352 e. The van der Waals surface area contributed by atoms with Crippen LogP contribution in [0.4, 0.5) is 4.39 Å². The lowest BCUT2D eigenvalue weighted by Gasteiger charge is -2.03. The number of fused-ring (bicyclic) bond motifs is 1. The summed E-state index contributed by atoms with van der Waals surface area (Å²) in [4.78, 5) is 16.3. The van der Waals surface area contributed by atoms with Gasteiger partial charge in [0.2, 0.25) is 5.91 Å². The van der Waals surface area contributed by atoms with Crippen molar-refractivity contribution in [3.63, 3.8) is 0 Å². The average Bonchev–Trinajstić information content (AvgIpc) is 2.90. The number of carbonyl (C=O) groups excluding carboxylic acids is 1. The molecule has 0 unspecified atom stereocenters. The molecule has 2 aromatic carbocycles. The maximum absolute atomic E-state index is 13.3. The Kier molecular flexibility index (Phi) is 5.14. The van der Waals surface area contributed by atoms with Crippen molar-refractivity contribution in [1.82, 2.24) is 14.9 Å². The molecule has 0 saturated heterocycles. The Balaban J connectivity index is 1.56. The van der Waals surface area contributed by atoms with E-state index in [1.807, 2.05) is 23.7 Å². The third-order valence-electron chi connectivity index (χ3n) is 3.88. The summed E-state index contributed by atoms with van der Waals surface area (Å²) in [6.07, 6.45) is 3.77. The van der Waals surface area contributed by atoms with Crippen LogP contribution >= 0.6 is 11.6 Å². The number of benzene rings is 2. The van der Waals surface area contributed by atoms with Gasteiger partial charge < -0.3 is 9.88 Å². The van der Waals surface area contributed by atoms with Crippen LogP contribution < -0.4 is 5.32 Å². The number of imidazole rings is 1. The number of halogens is 2. The Labute approximate surface area is 149 Å². The highest BCUT2D eigenvalue weighted by Gasteiger charge is 2.08. The normalized spacial score (nSPS) is 11.3. The number of nitrogens with one attached hydrogen (secondary N) is 1. The Bertz CT molecular complexity index is 932. The quantitative estimate of drug-likeness (QED) is 0.707. The van der Waals surface area contributed by atoms with E-state index in [-0.39, 0.29) is 11.7 Å². The third kappa shape index (κ3) is 4.25. The molecule has 0 fully saturated rings. The molecule has 0 aliphatic rings. The Morgan fingerprint density at radius 2 is 2.04 bits per heavy atom. The zero-order valence-electron chi connectivity index (χ0n) is 13.7. The maximum Gasteiger partial charge on any atom is 0.244 e. The predicted molar refractivity (Wildman–Crippen MR) is 97.9 cm³/mol. The fraction of sp³-hybridized carbons (Fsp3) is 0.158. The summed E-state index contributed by atoms with van der Waals surface area (Å²) in [5.74, 6) is 0.324. The van der Waals surface area contributed by atoms with E-state index in [4.69, 9.17) is 11.6 Å². The SMILES string of the molecule is Cn1c(CCNC(=O)C=Cc2ccc(Cl)cc2)nc2ccc(F)cc21. The second kappa shape index (κ2) is 7.49. The van der Waals surface area contributed by atoms with E-state index in [1.165, 1.54) is 18.2 Å². The second-order valence-corrected chi connectivity index (χ2v) is 6.08. The van der Waals surface area contributed by atoms with E-state index in [0.29, 0.717) is 18.0 Å². The fourth-order valence-corrected chi connectivity index (χ4v) is 2.66. The predicted octanol–water partition coefficient (Wildman–Crippen LogP) is 3.74. The van der Waals surface area contributed by atoms with Crippen LogP contribution in [0.2, 0.25) is 5.02 Å². The molecule has 25 heavy (non-hydrogen) atoms. The first-order valence-corrected chi connectivity index (χ1v) is 8.23.